The SMILES string of the molecule is Cc1nc(Nc2cc(C(F)(F)F)ccc2Cl)cc(C(=O)N2CCCC2)n1. The number of amides is 1. The molecule has 0 radical (unpaired) electrons. The number of aromatic nitrogens is 2. The molecule has 1 aliphatic rings. The van der Waals surface area contributed by atoms with Crippen molar-refractivity contribution in [1.29, 1.82) is 0 Å². The predicted octanol–water partition coefficient (Wildman–Crippen LogP) is 4.44. The van der Waals surface area contributed by atoms with Crippen LogP contribution in [0.1, 0.15) is 34.7 Å². The first-order chi connectivity index (χ1) is 12.2. The Kier molecular flexibility index (Phi) is 5.04. The van der Waals surface area contributed by atoms with E-state index in [1.807, 2.05) is 0 Å². The van der Waals surface area contributed by atoms with Crippen molar-refractivity contribution in [1.82, 2.24) is 14.9 Å². The summed E-state index contributed by atoms with van der Waals surface area (Å²) in [6.07, 6.45) is -2.60. The lowest BCUT2D eigenvalue weighted by Crippen LogP contribution is -2.28. The van der Waals surface area contributed by atoms with Gasteiger partial charge in [-0.3, -0.25) is 4.79 Å². The van der Waals surface area contributed by atoms with E-state index in [0.717, 1.165) is 31.0 Å². The molecule has 1 aliphatic heterocycles. The van der Waals surface area contributed by atoms with E-state index < -0.39 is 11.7 Å². The molecule has 0 atom stereocenters. The van der Waals surface area contributed by atoms with Gasteiger partial charge in [-0.05, 0) is 38.0 Å². The monoisotopic (exact) mass is 384 g/mol. The van der Waals surface area contributed by atoms with Gasteiger partial charge in [0, 0.05) is 19.2 Å². The van der Waals surface area contributed by atoms with E-state index in [4.69, 9.17) is 11.6 Å². The second-order valence-corrected chi connectivity index (χ2v) is 6.41. The van der Waals surface area contributed by atoms with E-state index in [0.29, 0.717) is 18.9 Å². The lowest BCUT2D eigenvalue weighted by atomic mass is 10.2. The molecule has 1 N–H and O–H groups in total. The van der Waals surface area contributed by atoms with E-state index in [1.165, 1.54) is 6.07 Å². The number of aryl methyl sites for hydroxylation is 1. The molecule has 138 valence electrons. The number of nitrogens with one attached hydrogen (secondary N) is 1. The van der Waals surface area contributed by atoms with E-state index in [-0.39, 0.29) is 28.1 Å². The van der Waals surface area contributed by atoms with Crippen LogP contribution in [-0.4, -0.2) is 33.9 Å². The maximum absolute atomic E-state index is 12.9. The minimum atomic E-state index is -4.49. The molecule has 1 saturated heterocycles. The molecule has 0 bridgehead atoms. The average Bonchev–Trinajstić information content (AvgIpc) is 3.09. The number of carbonyl (C=O) groups is 1. The van der Waals surface area contributed by atoms with Gasteiger partial charge in [0.05, 0.1) is 16.3 Å². The van der Waals surface area contributed by atoms with Gasteiger partial charge in [0.15, 0.2) is 0 Å². The van der Waals surface area contributed by atoms with Crippen molar-refractivity contribution in [3.63, 3.8) is 0 Å². The Balaban J connectivity index is 1.90. The van der Waals surface area contributed by atoms with Gasteiger partial charge in [0.1, 0.15) is 17.3 Å². The predicted molar refractivity (Wildman–Crippen MR) is 91.6 cm³/mol. The number of rotatable bonds is 3. The number of likely N-dealkylation sites (tertiary alicyclic amines) is 1. The first kappa shape index (κ1) is 18.4. The Morgan fingerprint density at radius 1 is 1.19 bits per heavy atom. The van der Waals surface area contributed by atoms with Crippen LogP contribution in [0, 0.1) is 6.92 Å². The van der Waals surface area contributed by atoms with E-state index in [2.05, 4.69) is 15.3 Å². The van der Waals surface area contributed by atoms with Gasteiger partial charge in [-0.2, -0.15) is 13.2 Å². The third kappa shape index (κ3) is 4.07. The summed E-state index contributed by atoms with van der Waals surface area (Å²) in [7, 11) is 0. The minimum absolute atomic E-state index is 0.0548. The maximum atomic E-state index is 12.9. The van der Waals surface area contributed by atoms with Gasteiger partial charge in [-0.1, -0.05) is 11.6 Å². The van der Waals surface area contributed by atoms with Crippen molar-refractivity contribution in [2.24, 2.45) is 0 Å². The number of halogens is 4. The highest BCUT2D eigenvalue weighted by Crippen LogP contribution is 2.34. The van der Waals surface area contributed by atoms with Crippen molar-refractivity contribution >= 4 is 29.0 Å². The second kappa shape index (κ2) is 7.11. The summed E-state index contributed by atoms with van der Waals surface area (Å²) in [6, 6.07) is 4.39. The minimum Gasteiger partial charge on any atom is -0.339 e. The standard InChI is InChI=1S/C17H16ClF3N4O/c1-10-22-14(16(26)25-6-2-3-7-25)9-15(23-10)24-13-8-11(17(19,20)21)4-5-12(13)18/h4-5,8-9H,2-3,6-7H2,1H3,(H,22,23,24). The van der Waals surface area contributed by atoms with Crippen LogP contribution in [-0.2, 0) is 6.18 Å². The van der Waals surface area contributed by atoms with E-state index in [1.54, 1.807) is 11.8 Å². The quantitative estimate of drug-likeness (QED) is 0.850. The first-order valence-corrected chi connectivity index (χ1v) is 8.40. The normalized spacial score (nSPS) is 14.6. The number of alkyl halides is 3. The summed E-state index contributed by atoms with van der Waals surface area (Å²) >= 11 is 5.99. The number of carbonyl (C=O) groups excluding carboxylic acids is 1. The summed E-state index contributed by atoms with van der Waals surface area (Å²) in [5.74, 6) is 0.327. The molecule has 2 aromatic rings. The topological polar surface area (TPSA) is 58.1 Å². The van der Waals surface area contributed by atoms with Crippen LogP contribution in [0.15, 0.2) is 24.3 Å². The van der Waals surface area contributed by atoms with Crippen LogP contribution in [0.5, 0.6) is 0 Å². The van der Waals surface area contributed by atoms with Gasteiger partial charge >= 0.3 is 6.18 Å². The number of hydrogen-bond donors (Lipinski definition) is 1. The second-order valence-electron chi connectivity index (χ2n) is 6.00. The van der Waals surface area contributed by atoms with Crippen molar-refractivity contribution in [3.8, 4) is 0 Å². The van der Waals surface area contributed by atoms with E-state index >= 15 is 0 Å². The molecule has 5 nitrogen and oxygen atoms in total. The van der Waals surface area contributed by atoms with Crippen molar-refractivity contribution in [2.75, 3.05) is 18.4 Å². The average molecular weight is 385 g/mol. The van der Waals surface area contributed by atoms with Gasteiger partial charge < -0.3 is 10.2 Å². The molecule has 0 aliphatic carbocycles. The van der Waals surface area contributed by atoms with Crippen LogP contribution in [0.4, 0.5) is 24.7 Å². The molecule has 0 saturated carbocycles. The zero-order chi connectivity index (χ0) is 18.9. The van der Waals surface area contributed by atoms with Gasteiger partial charge in [-0.15, -0.1) is 0 Å². The smallest absolute Gasteiger partial charge is 0.339 e. The van der Waals surface area contributed by atoms with Crippen LogP contribution >= 0.6 is 11.6 Å². The van der Waals surface area contributed by atoms with Crippen LogP contribution < -0.4 is 5.32 Å². The molecule has 26 heavy (non-hydrogen) atoms. The van der Waals surface area contributed by atoms with Crippen LogP contribution in [0.25, 0.3) is 0 Å². The number of anilines is 2. The van der Waals surface area contributed by atoms with Gasteiger partial charge in [0.2, 0.25) is 0 Å². The number of nitrogens with zero attached hydrogens (tertiary/aromatic N) is 3. The Bertz CT molecular complexity index is 835. The number of benzene rings is 1. The molecule has 1 aromatic carbocycles. The molecule has 0 spiro atoms. The highest BCUT2D eigenvalue weighted by molar-refractivity contribution is 6.33. The van der Waals surface area contributed by atoms with Gasteiger partial charge in [0.25, 0.3) is 5.91 Å². The van der Waals surface area contributed by atoms with Crippen LogP contribution in [0.2, 0.25) is 5.02 Å². The first-order valence-electron chi connectivity index (χ1n) is 8.03. The zero-order valence-electron chi connectivity index (χ0n) is 13.9. The summed E-state index contributed by atoms with van der Waals surface area (Å²) < 4.78 is 38.7. The fourth-order valence-electron chi connectivity index (χ4n) is 2.76. The highest BCUT2D eigenvalue weighted by Gasteiger charge is 2.31. The lowest BCUT2D eigenvalue weighted by Gasteiger charge is -2.16. The molecule has 0 unspecified atom stereocenters. The zero-order valence-corrected chi connectivity index (χ0v) is 14.7. The molecule has 2 heterocycles. The third-order valence-corrected chi connectivity index (χ3v) is 4.34. The molecule has 1 fully saturated rings. The molecule has 3 rings (SSSR count). The fourth-order valence-corrected chi connectivity index (χ4v) is 2.92. The summed E-state index contributed by atoms with van der Waals surface area (Å²) in [6.45, 7) is 2.95. The Hall–Kier alpha value is -2.35. The summed E-state index contributed by atoms with van der Waals surface area (Å²) in [4.78, 5) is 22.5. The van der Waals surface area contributed by atoms with Gasteiger partial charge in [-0.25, -0.2) is 9.97 Å². The molecule has 1 aromatic heterocycles. The van der Waals surface area contributed by atoms with Crippen molar-refractivity contribution in [3.05, 3.63) is 46.4 Å². The van der Waals surface area contributed by atoms with Crippen LogP contribution in [0.3, 0.4) is 0 Å². The summed E-state index contributed by atoms with van der Waals surface area (Å²) in [5, 5.41) is 2.87. The molecule has 9 heteroatoms. The van der Waals surface area contributed by atoms with Crippen molar-refractivity contribution in [2.45, 2.75) is 25.9 Å². The molecule has 1 amide bonds. The van der Waals surface area contributed by atoms with E-state index in [9.17, 15) is 18.0 Å². The van der Waals surface area contributed by atoms with Crippen molar-refractivity contribution < 1.29 is 18.0 Å². The largest absolute Gasteiger partial charge is 0.416 e. The molecular weight excluding hydrogens is 369 g/mol. The molecular formula is C17H16ClF3N4O. The number of hydrogen-bond acceptors (Lipinski definition) is 4. The highest BCUT2D eigenvalue weighted by atomic mass is 35.5. The summed E-state index contributed by atoms with van der Waals surface area (Å²) in [5.41, 5.74) is -0.576. The third-order valence-electron chi connectivity index (χ3n) is 4.01. The maximum Gasteiger partial charge on any atom is 0.416 e. The Morgan fingerprint density at radius 2 is 1.88 bits per heavy atom. The lowest BCUT2D eigenvalue weighted by molar-refractivity contribution is -0.137. The fraction of sp³-hybridized carbons (Fsp3) is 0.353. The Morgan fingerprint density at radius 3 is 2.54 bits per heavy atom. The Labute approximate surface area is 153 Å².